The summed E-state index contributed by atoms with van der Waals surface area (Å²) in [5, 5.41) is 15.1. The predicted octanol–water partition coefficient (Wildman–Crippen LogP) is 2.65. The Morgan fingerprint density at radius 2 is 2.00 bits per heavy atom. The molecule has 0 bridgehead atoms. The Labute approximate surface area is 220 Å². The lowest BCUT2D eigenvalue weighted by molar-refractivity contribution is -0.122. The summed E-state index contributed by atoms with van der Waals surface area (Å²) in [6.07, 6.45) is 1.52. The first kappa shape index (κ1) is 23.6. The second-order valence-electron chi connectivity index (χ2n) is 8.32. The van der Waals surface area contributed by atoms with Gasteiger partial charge in [-0.15, -0.1) is 0 Å². The van der Waals surface area contributed by atoms with E-state index in [0.717, 1.165) is 5.56 Å². The molecule has 36 heavy (non-hydrogen) atoms. The van der Waals surface area contributed by atoms with Gasteiger partial charge in [-0.1, -0.05) is 24.0 Å². The number of nitrogens with one attached hydrogen (secondary N) is 2. The highest BCUT2D eigenvalue weighted by atomic mass is 127. The first-order valence-corrected chi connectivity index (χ1v) is 11.9. The van der Waals surface area contributed by atoms with Crippen LogP contribution in [0.2, 0.25) is 0 Å². The highest BCUT2D eigenvalue weighted by molar-refractivity contribution is 14.1. The molecule has 0 saturated carbocycles. The summed E-state index contributed by atoms with van der Waals surface area (Å²) in [4.78, 5) is 43.7. The predicted molar refractivity (Wildman–Crippen MR) is 138 cm³/mol. The van der Waals surface area contributed by atoms with E-state index in [1.165, 1.54) is 18.2 Å². The van der Waals surface area contributed by atoms with E-state index in [1.54, 1.807) is 42.5 Å². The fourth-order valence-electron chi connectivity index (χ4n) is 4.14. The molecule has 9 nitrogen and oxygen atoms in total. The molecule has 5 rings (SSSR count). The molecule has 1 atom stereocenters. The summed E-state index contributed by atoms with van der Waals surface area (Å²) in [6, 6.07) is 13.3. The minimum absolute atomic E-state index is 0.130. The lowest BCUT2D eigenvalue weighted by Gasteiger charge is -2.26. The van der Waals surface area contributed by atoms with Crippen molar-refractivity contribution in [2.75, 3.05) is 13.7 Å². The third kappa shape index (κ3) is 4.22. The minimum atomic E-state index is -1.62. The second-order valence-corrected chi connectivity index (χ2v) is 9.48. The zero-order valence-corrected chi connectivity index (χ0v) is 21.1. The zero-order chi connectivity index (χ0) is 25.4. The maximum Gasteiger partial charge on any atom is 0.323 e. The number of phenolic OH excluding ortho intramolecular Hbond substituents is 1. The van der Waals surface area contributed by atoms with Crippen molar-refractivity contribution in [3.63, 3.8) is 0 Å². The fraction of sp³-hybridized carbons (Fsp3) is 0.154. The molecule has 0 unspecified atom stereocenters. The first-order valence-electron chi connectivity index (χ1n) is 10.9. The molecule has 1 fully saturated rings. The van der Waals surface area contributed by atoms with Crippen molar-refractivity contribution >= 4 is 40.4 Å². The number of phenols is 1. The number of hydrogen-bond acceptors (Lipinski definition) is 6. The van der Waals surface area contributed by atoms with Crippen molar-refractivity contribution in [2.24, 2.45) is 0 Å². The number of fused-ring (bicyclic) bond motifs is 1. The molecule has 1 aromatic heterocycles. The van der Waals surface area contributed by atoms with Gasteiger partial charge in [0.05, 0.1) is 22.9 Å². The van der Waals surface area contributed by atoms with Gasteiger partial charge in [0.25, 0.3) is 11.8 Å². The van der Waals surface area contributed by atoms with Crippen LogP contribution < -0.4 is 15.4 Å². The summed E-state index contributed by atoms with van der Waals surface area (Å²) in [6.45, 7) is 0.148. The Bertz CT molecular complexity index is 1480. The summed E-state index contributed by atoms with van der Waals surface area (Å²) >= 11 is 2.04. The minimum Gasteiger partial charge on any atom is -0.506 e. The third-order valence-electron chi connectivity index (χ3n) is 6.01. The van der Waals surface area contributed by atoms with Crippen molar-refractivity contribution in [2.45, 2.75) is 12.1 Å². The molecule has 2 aliphatic heterocycles. The maximum atomic E-state index is 13.0. The van der Waals surface area contributed by atoms with Crippen LogP contribution in [-0.2, 0) is 11.3 Å². The second kappa shape index (κ2) is 9.16. The third-order valence-corrected chi connectivity index (χ3v) is 6.88. The highest BCUT2D eigenvalue weighted by Crippen LogP contribution is 2.32. The zero-order valence-electron chi connectivity index (χ0n) is 19.0. The van der Waals surface area contributed by atoms with Crippen molar-refractivity contribution in [3.8, 4) is 34.6 Å². The molecule has 3 aromatic rings. The van der Waals surface area contributed by atoms with Crippen molar-refractivity contribution in [3.05, 3.63) is 75.0 Å². The van der Waals surface area contributed by atoms with E-state index in [9.17, 15) is 19.5 Å². The standard InChI is InChI=1S/C26H19IN4O5/c1-36-17-7-6-16-13-31(23(33)19(16)11-17)14-26(24(34)29-25(35)30-26)10-9-15-5-8-21(28-12-15)18-3-2-4-20(27)22(18)32/h2-8,11-12,32H,13-14H2,1H3,(H2,29,30,34,35)/t26-/m1/s1. The van der Waals surface area contributed by atoms with E-state index in [2.05, 4.69) is 27.5 Å². The van der Waals surface area contributed by atoms with Crippen LogP contribution in [0.25, 0.3) is 11.3 Å². The van der Waals surface area contributed by atoms with E-state index >= 15 is 0 Å². The van der Waals surface area contributed by atoms with Gasteiger partial charge >= 0.3 is 6.03 Å². The lowest BCUT2D eigenvalue weighted by atomic mass is 9.99. The van der Waals surface area contributed by atoms with Crippen LogP contribution in [-0.4, -0.2) is 52.0 Å². The number of carbonyl (C=O) groups is 3. The Morgan fingerprint density at radius 1 is 1.17 bits per heavy atom. The first-order chi connectivity index (χ1) is 17.3. The van der Waals surface area contributed by atoms with E-state index < -0.39 is 17.5 Å². The van der Waals surface area contributed by atoms with Gasteiger partial charge in [0.1, 0.15) is 11.5 Å². The van der Waals surface area contributed by atoms with Crippen LogP contribution in [0, 0.1) is 15.4 Å². The van der Waals surface area contributed by atoms with E-state index in [-0.39, 0.29) is 24.7 Å². The summed E-state index contributed by atoms with van der Waals surface area (Å²) in [5.74, 6) is 5.56. The Hall–Kier alpha value is -4.11. The van der Waals surface area contributed by atoms with Gasteiger partial charge in [0.15, 0.2) is 0 Å². The van der Waals surface area contributed by atoms with Gasteiger partial charge in [0, 0.05) is 29.4 Å². The molecule has 0 radical (unpaired) electrons. The quantitative estimate of drug-likeness (QED) is 0.243. The molecule has 2 aromatic carbocycles. The number of methoxy groups -OCH3 is 1. The summed E-state index contributed by atoms with van der Waals surface area (Å²) in [7, 11) is 1.52. The SMILES string of the molecule is COc1ccc2c(c1)C(=O)N(C[C@@]1(C#Cc3ccc(-c4cccc(I)c4O)nc3)NC(=O)NC1=O)C2. The normalized spacial score (nSPS) is 18.3. The number of para-hydroxylation sites is 1. The van der Waals surface area contributed by atoms with Crippen LogP contribution in [0.5, 0.6) is 11.5 Å². The molecule has 3 N–H and O–H groups in total. The number of ether oxygens (including phenoxy) is 1. The number of pyridine rings is 1. The van der Waals surface area contributed by atoms with Gasteiger partial charge in [0.2, 0.25) is 5.54 Å². The number of nitrogens with zero attached hydrogens (tertiary/aromatic N) is 2. The van der Waals surface area contributed by atoms with Gasteiger partial charge in [-0.2, -0.15) is 0 Å². The number of aromatic hydroxyl groups is 1. The number of carbonyl (C=O) groups excluding carboxylic acids is 3. The molecule has 0 aliphatic carbocycles. The van der Waals surface area contributed by atoms with Crippen LogP contribution in [0.1, 0.15) is 21.5 Å². The molecule has 10 heteroatoms. The van der Waals surface area contributed by atoms with E-state index in [4.69, 9.17) is 4.74 Å². The number of rotatable bonds is 4. The number of aromatic nitrogens is 1. The van der Waals surface area contributed by atoms with Crippen molar-refractivity contribution in [1.29, 1.82) is 0 Å². The van der Waals surface area contributed by atoms with Crippen LogP contribution >= 0.6 is 22.6 Å². The van der Waals surface area contributed by atoms with E-state index in [1.807, 2.05) is 28.7 Å². The Kier molecular flexibility index (Phi) is 6.01. The maximum absolute atomic E-state index is 13.0. The van der Waals surface area contributed by atoms with Crippen LogP contribution in [0.15, 0.2) is 54.7 Å². The van der Waals surface area contributed by atoms with Crippen LogP contribution in [0.3, 0.4) is 0 Å². The average Bonchev–Trinajstić information content (AvgIpc) is 3.34. The molecule has 1 saturated heterocycles. The number of halogens is 1. The van der Waals surface area contributed by atoms with Crippen molar-refractivity contribution < 1.29 is 24.2 Å². The fourth-order valence-corrected chi connectivity index (χ4v) is 4.64. The van der Waals surface area contributed by atoms with E-state index in [0.29, 0.717) is 31.7 Å². The number of imide groups is 1. The lowest BCUT2D eigenvalue weighted by Crippen LogP contribution is -2.54. The Balaban J connectivity index is 1.42. The average molecular weight is 594 g/mol. The van der Waals surface area contributed by atoms with Gasteiger partial charge < -0.3 is 20.1 Å². The van der Waals surface area contributed by atoms with Crippen molar-refractivity contribution in [1.82, 2.24) is 20.5 Å². The Morgan fingerprint density at radius 3 is 2.69 bits per heavy atom. The highest BCUT2D eigenvalue weighted by Gasteiger charge is 2.48. The smallest absolute Gasteiger partial charge is 0.323 e. The van der Waals surface area contributed by atoms with Gasteiger partial charge in [-0.3, -0.25) is 19.9 Å². The molecular weight excluding hydrogens is 575 g/mol. The molecule has 0 spiro atoms. The number of urea groups is 1. The molecule has 3 heterocycles. The summed E-state index contributed by atoms with van der Waals surface area (Å²) in [5.41, 5.74) is 1.31. The monoisotopic (exact) mass is 594 g/mol. The number of benzene rings is 2. The summed E-state index contributed by atoms with van der Waals surface area (Å²) < 4.78 is 5.92. The number of hydrogen-bond donors (Lipinski definition) is 3. The molecule has 4 amide bonds. The van der Waals surface area contributed by atoms with Gasteiger partial charge in [-0.25, -0.2) is 4.79 Å². The molecular formula is C26H19IN4O5. The topological polar surface area (TPSA) is 121 Å². The number of amides is 4. The largest absolute Gasteiger partial charge is 0.506 e. The molecule has 180 valence electrons. The van der Waals surface area contributed by atoms with Crippen LogP contribution in [0.4, 0.5) is 4.79 Å². The van der Waals surface area contributed by atoms with Gasteiger partial charge in [-0.05, 0) is 64.6 Å². The molecule has 2 aliphatic rings.